The molecular formula is C13H26N2. The Morgan fingerprint density at radius 1 is 1.33 bits per heavy atom. The minimum atomic E-state index is 0.362. The molecule has 2 heteroatoms. The van der Waals surface area contributed by atoms with Gasteiger partial charge in [0.25, 0.3) is 0 Å². The lowest BCUT2D eigenvalue weighted by molar-refractivity contribution is 0.0626. The zero-order valence-corrected chi connectivity index (χ0v) is 10.6. The van der Waals surface area contributed by atoms with Crippen LogP contribution in [0.15, 0.2) is 0 Å². The first-order valence-electron chi connectivity index (χ1n) is 6.60. The third kappa shape index (κ3) is 2.94. The van der Waals surface area contributed by atoms with Crippen LogP contribution in [-0.4, -0.2) is 36.1 Å². The Balaban J connectivity index is 1.85. The van der Waals surface area contributed by atoms with Gasteiger partial charge in [0.1, 0.15) is 0 Å². The fourth-order valence-electron chi connectivity index (χ4n) is 2.50. The van der Waals surface area contributed by atoms with Crippen molar-refractivity contribution >= 4 is 0 Å². The normalized spacial score (nSPS) is 31.8. The highest BCUT2D eigenvalue weighted by Gasteiger charge is 2.34. The summed E-state index contributed by atoms with van der Waals surface area (Å²) in [7, 11) is 0. The summed E-state index contributed by atoms with van der Waals surface area (Å²) in [6.07, 6.45) is 5.67. The van der Waals surface area contributed by atoms with Gasteiger partial charge in [-0.3, -0.25) is 4.90 Å². The molecule has 0 aromatic carbocycles. The van der Waals surface area contributed by atoms with Crippen molar-refractivity contribution in [1.29, 1.82) is 0 Å². The molecule has 0 spiro atoms. The number of piperazine rings is 1. The van der Waals surface area contributed by atoms with Crippen molar-refractivity contribution < 1.29 is 0 Å². The maximum Gasteiger partial charge on any atom is 0.0278 e. The molecule has 1 aliphatic heterocycles. The molecule has 0 aromatic rings. The fraction of sp³-hybridized carbons (Fsp3) is 1.00. The van der Waals surface area contributed by atoms with Crippen molar-refractivity contribution in [2.24, 2.45) is 5.92 Å². The van der Waals surface area contributed by atoms with Gasteiger partial charge < -0.3 is 5.32 Å². The molecule has 88 valence electrons. The van der Waals surface area contributed by atoms with E-state index in [1.165, 1.54) is 38.8 Å². The van der Waals surface area contributed by atoms with Crippen molar-refractivity contribution in [1.82, 2.24) is 10.2 Å². The van der Waals surface area contributed by atoms with E-state index in [1.807, 2.05) is 0 Å². The van der Waals surface area contributed by atoms with Crippen molar-refractivity contribution in [3.05, 3.63) is 0 Å². The van der Waals surface area contributed by atoms with Gasteiger partial charge in [0.2, 0.25) is 0 Å². The predicted molar refractivity (Wildman–Crippen MR) is 65.1 cm³/mol. The molecule has 15 heavy (non-hydrogen) atoms. The molecule has 1 saturated heterocycles. The van der Waals surface area contributed by atoms with E-state index in [2.05, 4.69) is 31.0 Å². The summed E-state index contributed by atoms with van der Waals surface area (Å²) < 4.78 is 0. The van der Waals surface area contributed by atoms with Gasteiger partial charge in [-0.05, 0) is 39.2 Å². The Hall–Kier alpha value is -0.0800. The molecule has 2 nitrogen and oxygen atoms in total. The third-order valence-corrected chi connectivity index (χ3v) is 4.12. The van der Waals surface area contributed by atoms with Crippen LogP contribution < -0.4 is 5.32 Å². The Kier molecular flexibility index (Phi) is 3.36. The molecule has 0 aromatic heterocycles. The third-order valence-electron chi connectivity index (χ3n) is 4.12. The van der Waals surface area contributed by atoms with Crippen LogP contribution in [0, 0.1) is 5.92 Å². The molecule has 2 aliphatic rings. The van der Waals surface area contributed by atoms with Crippen LogP contribution in [0.4, 0.5) is 0 Å². The minimum Gasteiger partial charge on any atom is -0.311 e. The van der Waals surface area contributed by atoms with E-state index in [0.29, 0.717) is 5.54 Å². The van der Waals surface area contributed by atoms with Crippen LogP contribution in [-0.2, 0) is 0 Å². The molecule has 1 aliphatic carbocycles. The topological polar surface area (TPSA) is 15.3 Å². The summed E-state index contributed by atoms with van der Waals surface area (Å²) in [5, 5.41) is 3.65. The fourth-order valence-corrected chi connectivity index (χ4v) is 2.50. The van der Waals surface area contributed by atoms with Crippen molar-refractivity contribution in [2.75, 3.05) is 19.6 Å². The minimum absolute atomic E-state index is 0.362. The number of hydrogen-bond donors (Lipinski definition) is 1. The summed E-state index contributed by atoms with van der Waals surface area (Å²) in [6.45, 7) is 10.7. The lowest BCUT2D eigenvalue weighted by Gasteiger charge is -2.46. The highest BCUT2D eigenvalue weighted by Crippen LogP contribution is 2.33. The molecule has 0 radical (unpaired) electrons. The number of nitrogens with one attached hydrogen (secondary N) is 1. The quantitative estimate of drug-likeness (QED) is 0.765. The molecular weight excluding hydrogens is 184 g/mol. The number of nitrogens with zero attached hydrogens (tertiary/aromatic N) is 1. The van der Waals surface area contributed by atoms with Crippen molar-refractivity contribution in [2.45, 2.75) is 58.0 Å². The number of rotatable bonds is 4. The Morgan fingerprint density at radius 3 is 2.67 bits per heavy atom. The van der Waals surface area contributed by atoms with E-state index < -0.39 is 0 Å². The molecule has 2 rings (SSSR count). The molecule has 1 unspecified atom stereocenters. The highest BCUT2D eigenvalue weighted by molar-refractivity contribution is 4.93. The molecule has 2 fully saturated rings. The zero-order valence-electron chi connectivity index (χ0n) is 10.6. The second-order valence-electron chi connectivity index (χ2n) is 5.98. The second-order valence-corrected chi connectivity index (χ2v) is 5.98. The van der Waals surface area contributed by atoms with Gasteiger partial charge in [0.05, 0.1) is 0 Å². The standard InChI is InChI=1S/C13H26N2/c1-4-12-9-15(8-7-11-5-6-11)13(2,3)10-14-12/h11-12,14H,4-10H2,1-3H3. The lowest BCUT2D eigenvalue weighted by Crippen LogP contribution is -2.61. The first-order chi connectivity index (χ1) is 7.12. The van der Waals surface area contributed by atoms with Gasteiger partial charge >= 0.3 is 0 Å². The predicted octanol–water partition coefficient (Wildman–Crippen LogP) is 2.25. The maximum absolute atomic E-state index is 3.65. The second kappa shape index (κ2) is 4.42. The maximum atomic E-state index is 3.65. The van der Waals surface area contributed by atoms with Gasteiger partial charge in [0, 0.05) is 24.7 Å². The lowest BCUT2D eigenvalue weighted by atomic mass is 9.96. The zero-order chi connectivity index (χ0) is 10.9. The Labute approximate surface area is 94.4 Å². The molecule has 1 heterocycles. The van der Waals surface area contributed by atoms with Crippen LogP contribution in [0.2, 0.25) is 0 Å². The van der Waals surface area contributed by atoms with Gasteiger partial charge in [-0.25, -0.2) is 0 Å². The summed E-state index contributed by atoms with van der Waals surface area (Å²) in [5.41, 5.74) is 0.362. The van der Waals surface area contributed by atoms with Crippen molar-refractivity contribution in [3.63, 3.8) is 0 Å². The molecule has 0 amide bonds. The van der Waals surface area contributed by atoms with Crippen LogP contribution in [0.3, 0.4) is 0 Å². The van der Waals surface area contributed by atoms with Crippen molar-refractivity contribution in [3.8, 4) is 0 Å². The van der Waals surface area contributed by atoms with E-state index in [9.17, 15) is 0 Å². The van der Waals surface area contributed by atoms with E-state index in [4.69, 9.17) is 0 Å². The summed E-state index contributed by atoms with van der Waals surface area (Å²) in [4.78, 5) is 2.70. The smallest absolute Gasteiger partial charge is 0.0278 e. The molecule has 0 bridgehead atoms. The van der Waals surface area contributed by atoms with Crippen LogP contribution in [0.1, 0.15) is 46.5 Å². The van der Waals surface area contributed by atoms with Gasteiger partial charge in [0.15, 0.2) is 0 Å². The summed E-state index contributed by atoms with van der Waals surface area (Å²) in [6, 6.07) is 0.720. The number of hydrogen-bond acceptors (Lipinski definition) is 2. The molecule has 1 N–H and O–H groups in total. The molecule has 1 saturated carbocycles. The van der Waals surface area contributed by atoms with Gasteiger partial charge in [-0.1, -0.05) is 19.8 Å². The van der Waals surface area contributed by atoms with Gasteiger partial charge in [-0.15, -0.1) is 0 Å². The van der Waals surface area contributed by atoms with Crippen LogP contribution in [0.25, 0.3) is 0 Å². The first-order valence-corrected chi connectivity index (χ1v) is 6.60. The van der Waals surface area contributed by atoms with E-state index in [-0.39, 0.29) is 0 Å². The van der Waals surface area contributed by atoms with E-state index >= 15 is 0 Å². The van der Waals surface area contributed by atoms with Crippen LogP contribution >= 0.6 is 0 Å². The average Bonchev–Trinajstić information content (AvgIpc) is 2.99. The Bertz CT molecular complexity index is 209. The van der Waals surface area contributed by atoms with E-state index in [1.54, 1.807) is 0 Å². The van der Waals surface area contributed by atoms with Crippen LogP contribution in [0.5, 0.6) is 0 Å². The largest absolute Gasteiger partial charge is 0.311 e. The van der Waals surface area contributed by atoms with E-state index in [0.717, 1.165) is 18.5 Å². The summed E-state index contributed by atoms with van der Waals surface area (Å²) >= 11 is 0. The monoisotopic (exact) mass is 210 g/mol. The van der Waals surface area contributed by atoms with Gasteiger partial charge in [-0.2, -0.15) is 0 Å². The SMILES string of the molecule is CCC1CN(CCC2CC2)C(C)(C)CN1. The molecule has 1 atom stereocenters. The summed E-state index contributed by atoms with van der Waals surface area (Å²) in [5.74, 6) is 1.07. The highest BCUT2D eigenvalue weighted by atomic mass is 15.3. The Morgan fingerprint density at radius 2 is 2.07 bits per heavy atom. The first kappa shape index (κ1) is 11.4. The average molecular weight is 210 g/mol.